The van der Waals surface area contributed by atoms with E-state index >= 15 is 0 Å². The van der Waals surface area contributed by atoms with Gasteiger partial charge in [-0.05, 0) is 31.5 Å². The summed E-state index contributed by atoms with van der Waals surface area (Å²) in [6, 6.07) is 15.4. The lowest BCUT2D eigenvalue weighted by Gasteiger charge is -2.19. The molecule has 1 aliphatic heterocycles. The lowest BCUT2D eigenvalue weighted by atomic mass is 10.1. The standard InChI is InChI=1S/C18H24N4/c1-19-16-9-12-22(14-16)17-8-11-21-18(13-17)20-10-7-15-5-3-2-4-6-15/h2-6,8,11,13,16,19H,7,9-10,12,14H2,1H3,(H,20,21)/t16-/m0/s1. The van der Waals surface area contributed by atoms with Crippen LogP contribution in [0.1, 0.15) is 12.0 Å². The third-order valence-electron chi connectivity index (χ3n) is 4.27. The number of hydrogen-bond acceptors (Lipinski definition) is 4. The van der Waals surface area contributed by atoms with Gasteiger partial charge in [-0.2, -0.15) is 0 Å². The van der Waals surface area contributed by atoms with Crippen molar-refractivity contribution in [2.24, 2.45) is 0 Å². The van der Waals surface area contributed by atoms with Gasteiger partial charge in [0.2, 0.25) is 0 Å². The molecular formula is C18H24N4. The van der Waals surface area contributed by atoms with Crippen LogP contribution in [0.15, 0.2) is 48.7 Å². The molecule has 116 valence electrons. The fraction of sp³-hybridized carbons (Fsp3) is 0.389. The van der Waals surface area contributed by atoms with Crippen LogP contribution in [0.5, 0.6) is 0 Å². The third-order valence-corrected chi connectivity index (χ3v) is 4.27. The Morgan fingerprint density at radius 3 is 2.86 bits per heavy atom. The van der Waals surface area contributed by atoms with Gasteiger partial charge in [-0.15, -0.1) is 0 Å². The maximum Gasteiger partial charge on any atom is 0.127 e. The molecule has 4 heteroatoms. The minimum Gasteiger partial charge on any atom is -0.370 e. The van der Waals surface area contributed by atoms with Gasteiger partial charge in [-0.3, -0.25) is 0 Å². The number of hydrogen-bond donors (Lipinski definition) is 2. The molecule has 0 saturated carbocycles. The number of aromatic nitrogens is 1. The maximum absolute atomic E-state index is 4.43. The van der Waals surface area contributed by atoms with Gasteiger partial charge in [0.05, 0.1) is 0 Å². The normalized spacial score (nSPS) is 17.7. The molecule has 0 bridgehead atoms. The van der Waals surface area contributed by atoms with Gasteiger partial charge in [0.1, 0.15) is 5.82 Å². The van der Waals surface area contributed by atoms with E-state index in [1.54, 1.807) is 0 Å². The van der Waals surface area contributed by atoms with Crippen molar-refractivity contribution in [1.29, 1.82) is 0 Å². The highest BCUT2D eigenvalue weighted by Crippen LogP contribution is 2.22. The number of anilines is 2. The predicted octanol–water partition coefficient (Wildman–Crippen LogP) is 2.53. The van der Waals surface area contributed by atoms with Crippen molar-refractivity contribution >= 4 is 11.5 Å². The Hall–Kier alpha value is -2.07. The molecule has 1 atom stereocenters. The first-order valence-electron chi connectivity index (χ1n) is 8.01. The predicted molar refractivity (Wildman–Crippen MR) is 92.6 cm³/mol. The second-order valence-corrected chi connectivity index (χ2v) is 5.78. The van der Waals surface area contributed by atoms with Crippen molar-refractivity contribution in [2.45, 2.75) is 18.9 Å². The summed E-state index contributed by atoms with van der Waals surface area (Å²) < 4.78 is 0. The molecule has 0 spiro atoms. The lowest BCUT2D eigenvalue weighted by molar-refractivity contribution is 0.617. The van der Waals surface area contributed by atoms with Crippen LogP contribution in [0.25, 0.3) is 0 Å². The lowest BCUT2D eigenvalue weighted by Crippen LogP contribution is -2.29. The minimum absolute atomic E-state index is 0.600. The zero-order valence-electron chi connectivity index (χ0n) is 13.1. The SMILES string of the molecule is CN[C@H]1CCN(c2ccnc(NCCc3ccccc3)c2)C1. The van der Waals surface area contributed by atoms with Crippen LogP contribution in [-0.4, -0.2) is 37.7 Å². The van der Waals surface area contributed by atoms with E-state index in [1.165, 1.54) is 17.7 Å². The monoisotopic (exact) mass is 296 g/mol. The molecular weight excluding hydrogens is 272 g/mol. The van der Waals surface area contributed by atoms with Crippen LogP contribution in [-0.2, 0) is 6.42 Å². The molecule has 1 saturated heterocycles. The molecule has 2 aromatic rings. The Labute approximate surface area is 132 Å². The van der Waals surface area contributed by atoms with E-state index in [0.717, 1.165) is 31.9 Å². The second-order valence-electron chi connectivity index (χ2n) is 5.78. The number of nitrogens with zero attached hydrogens (tertiary/aromatic N) is 2. The number of nitrogens with one attached hydrogen (secondary N) is 2. The van der Waals surface area contributed by atoms with Crippen LogP contribution < -0.4 is 15.5 Å². The number of benzene rings is 1. The first-order chi connectivity index (χ1) is 10.8. The molecule has 3 rings (SSSR count). The fourth-order valence-electron chi connectivity index (χ4n) is 2.92. The van der Waals surface area contributed by atoms with E-state index in [1.807, 2.05) is 13.2 Å². The van der Waals surface area contributed by atoms with Crippen LogP contribution >= 0.6 is 0 Å². The van der Waals surface area contributed by atoms with E-state index in [4.69, 9.17) is 0 Å². The van der Waals surface area contributed by atoms with Crippen LogP contribution in [0.4, 0.5) is 11.5 Å². The summed E-state index contributed by atoms with van der Waals surface area (Å²) in [5.41, 5.74) is 2.61. The summed E-state index contributed by atoms with van der Waals surface area (Å²) in [6.07, 6.45) is 4.11. The van der Waals surface area contributed by atoms with Crippen molar-refractivity contribution in [2.75, 3.05) is 36.9 Å². The van der Waals surface area contributed by atoms with Gasteiger partial charge in [-0.25, -0.2) is 4.98 Å². The molecule has 0 aliphatic carbocycles. The van der Waals surface area contributed by atoms with Gasteiger partial charge in [0.25, 0.3) is 0 Å². The highest BCUT2D eigenvalue weighted by Gasteiger charge is 2.21. The first-order valence-corrected chi connectivity index (χ1v) is 8.01. The molecule has 4 nitrogen and oxygen atoms in total. The van der Waals surface area contributed by atoms with Gasteiger partial charge in [0, 0.05) is 43.6 Å². The maximum atomic E-state index is 4.43. The Morgan fingerprint density at radius 2 is 2.09 bits per heavy atom. The molecule has 2 heterocycles. The van der Waals surface area contributed by atoms with Crippen molar-refractivity contribution in [1.82, 2.24) is 10.3 Å². The highest BCUT2D eigenvalue weighted by atomic mass is 15.2. The van der Waals surface area contributed by atoms with Gasteiger partial charge >= 0.3 is 0 Å². The van der Waals surface area contributed by atoms with Crippen LogP contribution in [0.2, 0.25) is 0 Å². The molecule has 1 aliphatic rings. The number of likely N-dealkylation sites (N-methyl/N-ethyl adjacent to an activating group) is 1. The molecule has 2 N–H and O–H groups in total. The largest absolute Gasteiger partial charge is 0.370 e. The first kappa shape index (κ1) is 14.9. The summed E-state index contributed by atoms with van der Waals surface area (Å²) >= 11 is 0. The van der Waals surface area contributed by atoms with Gasteiger partial charge < -0.3 is 15.5 Å². The molecule has 0 radical (unpaired) electrons. The minimum atomic E-state index is 0.600. The molecule has 0 amide bonds. The molecule has 22 heavy (non-hydrogen) atoms. The number of rotatable bonds is 6. The zero-order valence-corrected chi connectivity index (χ0v) is 13.1. The number of pyridine rings is 1. The average Bonchev–Trinajstić information content (AvgIpc) is 3.05. The third kappa shape index (κ3) is 3.77. The Balaban J connectivity index is 1.55. The molecule has 1 aromatic heterocycles. The van der Waals surface area contributed by atoms with E-state index in [0.29, 0.717) is 6.04 Å². The van der Waals surface area contributed by atoms with Gasteiger partial charge in [0.15, 0.2) is 0 Å². The van der Waals surface area contributed by atoms with Gasteiger partial charge in [-0.1, -0.05) is 30.3 Å². The summed E-state index contributed by atoms with van der Waals surface area (Å²) in [4.78, 5) is 6.85. The van der Waals surface area contributed by atoms with Crippen molar-refractivity contribution in [3.8, 4) is 0 Å². The second kappa shape index (κ2) is 7.27. The van der Waals surface area contributed by atoms with Crippen LogP contribution in [0.3, 0.4) is 0 Å². The Bertz CT molecular complexity index is 585. The van der Waals surface area contributed by atoms with E-state index in [-0.39, 0.29) is 0 Å². The summed E-state index contributed by atoms with van der Waals surface area (Å²) in [7, 11) is 2.04. The zero-order chi connectivity index (χ0) is 15.2. The molecule has 0 unspecified atom stereocenters. The Morgan fingerprint density at radius 1 is 1.23 bits per heavy atom. The van der Waals surface area contributed by atoms with Crippen LogP contribution in [0, 0.1) is 0 Å². The van der Waals surface area contributed by atoms with Crippen molar-refractivity contribution < 1.29 is 0 Å². The highest BCUT2D eigenvalue weighted by molar-refractivity contribution is 5.54. The van der Waals surface area contributed by atoms with E-state index in [2.05, 4.69) is 63.0 Å². The average molecular weight is 296 g/mol. The topological polar surface area (TPSA) is 40.2 Å². The smallest absolute Gasteiger partial charge is 0.127 e. The molecule has 1 aromatic carbocycles. The summed E-state index contributed by atoms with van der Waals surface area (Å²) in [5, 5.41) is 6.79. The van der Waals surface area contributed by atoms with E-state index in [9.17, 15) is 0 Å². The molecule has 1 fully saturated rings. The quantitative estimate of drug-likeness (QED) is 0.859. The Kier molecular flexibility index (Phi) is 4.91. The van der Waals surface area contributed by atoms with E-state index < -0.39 is 0 Å². The van der Waals surface area contributed by atoms with Crippen molar-refractivity contribution in [3.63, 3.8) is 0 Å². The summed E-state index contributed by atoms with van der Waals surface area (Å²) in [6.45, 7) is 3.09. The summed E-state index contributed by atoms with van der Waals surface area (Å²) in [5.74, 6) is 0.960. The fourth-order valence-corrected chi connectivity index (χ4v) is 2.92. The van der Waals surface area contributed by atoms with Crippen molar-refractivity contribution in [3.05, 3.63) is 54.2 Å².